The van der Waals surface area contributed by atoms with Crippen LogP contribution in [0.2, 0.25) is 0 Å². The predicted molar refractivity (Wildman–Crippen MR) is 97.9 cm³/mol. The van der Waals surface area contributed by atoms with Crippen LogP contribution in [0.1, 0.15) is 41.5 Å². The lowest BCUT2D eigenvalue weighted by Crippen LogP contribution is -2.22. The quantitative estimate of drug-likeness (QED) is 0.664. The third-order valence-electron chi connectivity index (χ3n) is 3.94. The van der Waals surface area contributed by atoms with Crippen molar-refractivity contribution >= 4 is 22.4 Å². The molecule has 0 unspecified atom stereocenters. The van der Waals surface area contributed by atoms with Crippen LogP contribution in [0.15, 0.2) is 35.8 Å². The van der Waals surface area contributed by atoms with Crippen molar-refractivity contribution in [3.05, 3.63) is 52.7 Å². The van der Waals surface area contributed by atoms with Gasteiger partial charge in [-0.1, -0.05) is 24.3 Å². The van der Waals surface area contributed by atoms with Crippen molar-refractivity contribution in [2.75, 3.05) is 5.32 Å². The summed E-state index contributed by atoms with van der Waals surface area (Å²) in [4.78, 5) is 16.8. The van der Waals surface area contributed by atoms with Crippen LogP contribution < -0.4 is 5.32 Å². The standard InChI is InChI=1S/C18H17F3N4OS/c1-10(2)25-15(18(19,20)21)13(8-22-25)16(26)24-17-23-14(9-27-17)12-7-5-4-6-11(12)3/h4-10H,1-3H3,(H,23,24,26). The van der Waals surface area contributed by atoms with E-state index in [1.54, 1.807) is 19.2 Å². The number of benzene rings is 1. The van der Waals surface area contributed by atoms with Gasteiger partial charge in [0, 0.05) is 17.0 Å². The molecule has 0 saturated carbocycles. The molecular formula is C18H17F3N4OS. The van der Waals surface area contributed by atoms with Gasteiger partial charge in [0.15, 0.2) is 10.8 Å². The Morgan fingerprint density at radius 1 is 1.26 bits per heavy atom. The van der Waals surface area contributed by atoms with Gasteiger partial charge in [-0.15, -0.1) is 11.3 Å². The fourth-order valence-electron chi connectivity index (χ4n) is 2.68. The van der Waals surface area contributed by atoms with Crippen molar-refractivity contribution in [3.63, 3.8) is 0 Å². The molecule has 27 heavy (non-hydrogen) atoms. The fourth-order valence-corrected chi connectivity index (χ4v) is 3.39. The number of thiazole rings is 1. The first kappa shape index (κ1) is 19.1. The van der Waals surface area contributed by atoms with Gasteiger partial charge in [-0.3, -0.25) is 14.8 Å². The number of carbonyl (C=O) groups excluding carboxylic acids is 1. The minimum atomic E-state index is -4.69. The van der Waals surface area contributed by atoms with E-state index in [-0.39, 0.29) is 5.13 Å². The van der Waals surface area contributed by atoms with Gasteiger partial charge in [-0.05, 0) is 26.3 Å². The highest BCUT2D eigenvalue weighted by atomic mass is 32.1. The van der Waals surface area contributed by atoms with Gasteiger partial charge in [-0.2, -0.15) is 18.3 Å². The van der Waals surface area contributed by atoms with E-state index in [1.807, 2.05) is 31.2 Å². The number of nitrogens with zero attached hydrogens (tertiary/aromatic N) is 3. The minimum Gasteiger partial charge on any atom is -0.298 e. The highest BCUT2D eigenvalue weighted by Crippen LogP contribution is 2.34. The third kappa shape index (κ3) is 3.87. The first-order valence-corrected chi connectivity index (χ1v) is 9.04. The summed E-state index contributed by atoms with van der Waals surface area (Å²) in [6.07, 6.45) is -3.75. The first-order valence-electron chi connectivity index (χ1n) is 8.16. The number of rotatable bonds is 4. The van der Waals surface area contributed by atoms with Crippen LogP contribution in [0.4, 0.5) is 18.3 Å². The van der Waals surface area contributed by atoms with Crippen LogP contribution in [0.5, 0.6) is 0 Å². The van der Waals surface area contributed by atoms with Crippen molar-refractivity contribution in [1.29, 1.82) is 0 Å². The van der Waals surface area contributed by atoms with E-state index in [1.165, 1.54) is 0 Å². The minimum absolute atomic E-state index is 0.226. The van der Waals surface area contributed by atoms with E-state index in [4.69, 9.17) is 0 Å². The Bertz CT molecular complexity index is 975. The maximum Gasteiger partial charge on any atom is 0.433 e. The molecule has 0 aliphatic rings. The second-order valence-corrected chi connectivity index (χ2v) is 7.11. The number of amides is 1. The average Bonchev–Trinajstić information content (AvgIpc) is 3.21. The van der Waals surface area contributed by atoms with Crippen LogP contribution in [0.3, 0.4) is 0 Å². The summed E-state index contributed by atoms with van der Waals surface area (Å²) in [6.45, 7) is 5.07. The summed E-state index contributed by atoms with van der Waals surface area (Å²) in [6, 6.07) is 7.07. The number of nitrogens with one attached hydrogen (secondary N) is 1. The summed E-state index contributed by atoms with van der Waals surface area (Å²) in [5, 5.41) is 8.15. The van der Waals surface area contributed by atoms with Crippen molar-refractivity contribution in [1.82, 2.24) is 14.8 Å². The zero-order chi connectivity index (χ0) is 19.8. The van der Waals surface area contributed by atoms with Crippen molar-refractivity contribution in [3.8, 4) is 11.3 Å². The number of anilines is 1. The maximum atomic E-state index is 13.4. The molecule has 0 saturated heterocycles. The summed E-state index contributed by atoms with van der Waals surface area (Å²) < 4.78 is 41.1. The number of hydrogen-bond acceptors (Lipinski definition) is 4. The molecule has 0 fully saturated rings. The number of alkyl halides is 3. The molecular weight excluding hydrogens is 377 g/mol. The van der Waals surface area contributed by atoms with E-state index in [0.29, 0.717) is 5.69 Å². The van der Waals surface area contributed by atoms with Crippen LogP contribution in [0, 0.1) is 6.92 Å². The van der Waals surface area contributed by atoms with E-state index in [9.17, 15) is 18.0 Å². The van der Waals surface area contributed by atoms with Crippen molar-refractivity contribution in [2.45, 2.75) is 33.0 Å². The van der Waals surface area contributed by atoms with Gasteiger partial charge in [0.25, 0.3) is 5.91 Å². The lowest BCUT2D eigenvalue weighted by Gasteiger charge is -2.14. The molecule has 1 aromatic carbocycles. The van der Waals surface area contributed by atoms with Gasteiger partial charge in [-0.25, -0.2) is 4.98 Å². The maximum absolute atomic E-state index is 13.4. The molecule has 0 aliphatic carbocycles. The molecule has 2 aromatic heterocycles. The zero-order valence-corrected chi connectivity index (χ0v) is 15.6. The Hall–Kier alpha value is -2.68. The largest absolute Gasteiger partial charge is 0.433 e. The van der Waals surface area contributed by atoms with Crippen LogP contribution in [-0.2, 0) is 6.18 Å². The Kier molecular flexibility index (Phi) is 5.05. The van der Waals surface area contributed by atoms with Crippen molar-refractivity contribution < 1.29 is 18.0 Å². The van der Waals surface area contributed by atoms with Gasteiger partial charge < -0.3 is 0 Å². The molecule has 142 valence electrons. The number of hydrogen-bond donors (Lipinski definition) is 1. The molecule has 5 nitrogen and oxygen atoms in total. The van der Waals surface area contributed by atoms with E-state index < -0.39 is 29.4 Å². The lowest BCUT2D eigenvalue weighted by molar-refractivity contribution is -0.145. The number of aromatic nitrogens is 3. The second kappa shape index (κ2) is 7.15. The lowest BCUT2D eigenvalue weighted by atomic mass is 10.1. The Balaban J connectivity index is 1.88. The highest BCUT2D eigenvalue weighted by molar-refractivity contribution is 7.14. The topological polar surface area (TPSA) is 59.8 Å². The molecule has 0 aliphatic heterocycles. The van der Waals surface area contributed by atoms with Gasteiger partial charge in [0.1, 0.15) is 0 Å². The molecule has 0 spiro atoms. The smallest absolute Gasteiger partial charge is 0.298 e. The summed E-state index contributed by atoms with van der Waals surface area (Å²) in [5.41, 5.74) is 0.980. The molecule has 9 heteroatoms. The molecule has 1 amide bonds. The molecule has 0 bridgehead atoms. The molecule has 0 radical (unpaired) electrons. The van der Waals surface area contributed by atoms with E-state index in [0.717, 1.165) is 33.3 Å². The zero-order valence-electron chi connectivity index (χ0n) is 14.8. The van der Waals surface area contributed by atoms with E-state index >= 15 is 0 Å². The van der Waals surface area contributed by atoms with Gasteiger partial charge >= 0.3 is 6.18 Å². The molecule has 1 N–H and O–H groups in total. The van der Waals surface area contributed by atoms with Gasteiger partial charge in [0.2, 0.25) is 0 Å². The Morgan fingerprint density at radius 2 is 1.96 bits per heavy atom. The van der Waals surface area contributed by atoms with Crippen LogP contribution in [0.25, 0.3) is 11.3 Å². The Labute approximate surface area is 157 Å². The normalized spacial score (nSPS) is 11.8. The highest BCUT2D eigenvalue weighted by Gasteiger charge is 2.40. The SMILES string of the molecule is Cc1ccccc1-c1csc(NC(=O)c2cnn(C(C)C)c2C(F)(F)F)n1. The molecule has 3 rings (SSSR count). The third-order valence-corrected chi connectivity index (χ3v) is 4.70. The first-order chi connectivity index (χ1) is 12.7. The molecule has 3 aromatic rings. The monoisotopic (exact) mass is 394 g/mol. The predicted octanol–water partition coefficient (Wildman–Crippen LogP) is 5.17. The fraction of sp³-hybridized carbons (Fsp3) is 0.278. The Morgan fingerprint density at radius 3 is 2.59 bits per heavy atom. The number of halogens is 3. The number of aryl methyl sites for hydroxylation is 1. The van der Waals surface area contributed by atoms with E-state index in [2.05, 4.69) is 15.4 Å². The second-order valence-electron chi connectivity index (χ2n) is 6.25. The molecule has 2 heterocycles. The average molecular weight is 394 g/mol. The van der Waals surface area contributed by atoms with Crippen LogP contribution >= 0.6 is 11.3 Å². The number of carbonyl (C=O) groups is 1. The van der Waals surface area contributed by atoms with Crippen LogP contribution in [-0.4, -0.2) is 20.7 Å². The summed E-state index contributed by atoms with van der Waals surface area (Å²) >= 11 is 1.15. The summed E-state index contributed by atoms with van der Waals surface area (Å²) in [5.74, 6) is -0.889. The summed E-state index contributed by atoms with van der Waals surface area (Å²) in [7, 11) is 0. The van der Waals surface area contributed by atoms with Crippen molar-refractivity contribution in [2.24, 2.45) is 0 Å². The molecule has 0 atom stereocenters. The van der Waals surface area contributed by atoms with Gasteiger partial charge in [0.05, 0.1) is 17.5 Å².